The van der Waals surface area contributed by atoms with Gasteiger partial charge in [-0.05, 0) is 53.2 Å². The van der Waals surface area contributed by atoms with E-state index in [2.05, 4.69) is 130 Å². The van der Waals surface area contributed by atoms with Crippen molar-refractivity contribution in [2.75, 3.05) is 0 Å². The minimum Gasteiger partial charge on any atom is -0.308 e. The van der Waals surface area contributed by atoms with Crippen LogP contribution in [0.3, 0.4) is 0 Å². The molecule has 0 bridgehead atoms. The van der Waals surface area contributed by atoms with Crippen molar-refractivity contribution in [2.45, 2.75) is 0 Å². The number of rotatable bonds is 1. The van der Waals surface area contributed by atoms with E-state index in [-0.39, 0.29) is 0 Å². The van der Waals surface area contributed by atoms with Crippen molar-refractivity contribution in [1.82, 2.24) is 18.9 Å². The van der Waals surface area contributed by atoms with Crippen LogP contribution in [0.1, 0.15) is 0 Å². The molecule has 4 heterocycles. The Kier molecular flexibility index (Phi) is 3.96. The summed E-state index contributed by atoms with van der Waals surface area (Å²) in [7, 11) is 0. The van der Waals surface area contributed by atoms with Crippen LogP contribution in [0.2, 0.25) is 0 Å². The number of aromatic nitrogens is 4. The summed E-state index contributed by atoms with van der Waals surface area (Å²) in [5.74, 6) is 0. The van der Waals surface area contributed by atoms with E-state index in [1.807, 2.05) is 0 Å². The number of nitrogens with zero attached hydrogens (tertiary/aromatic N) is 4. The van der Waals surface area contributed by atoms with Crippen LogP contribution in [0.15, 0.2) is 134 Å². The zero-order chi connectivity index (χ0) is 29.7. The second kappa shape index (κ2) is 7.87. The second-order valence-corrected chi connectivity index (χ2v) is 12.6. The minimum absolute atomic E-state index is 0.965. The molecule has 0 aliphatic heterocycles. The molecule has 0 fully saturated rings. The number of benzene rings is 7. The fourth-order valence-corrected chi connectivity index (χ4v) is 8.65. The third kappa shape index (κ3) is 2.57. The average Bonchev–Trinajstić information content (AvgIpc) is 3.83. The van der Waals surface area contributed by atoms with Gasteiger partial charge in [0.1, 0.15) is 0 Å². The molecule has 46 heavy (non-hydrogen) atoms. The predicted molar refractivity (Wildman–Crippen MR) is 190 cm³/mol. The Morgan fingerprint density at radius 3 is 1.89 bits per heavy atom. The largest absolute Gasteiger partial charge is 0.308 e. The monoisotopic (exact) mass is 582 g/mol. The van der Waals surface area contributed by atoms with E-state index >= 15 is 0 Å². The van der Waals surface area contributed by atoms with Crippen LogP contribution < -0.4 is 0 Å². The molecule has 1 aliphatic carbocycles. The summed E-state index contributed by atoms with van der Waals surface area (Å²) in [5, 5.41) is 12.6. The zero-order valence-electron chi connectivity index (χ0n) is 24.5. The Morgan fingerprint density at radius 1 is 0.413 bits per heavy atom. The van der Waals surface area contributed by atoms with E-state index in [4.69, 9.17) is 9.97 Å². The summed E-state index contributed by atoms with van der Waals surface area (Å²) in [4.78, 5) is 9.54. The van der Waals surface area contributed by atoms with Gasteiger partial charge in [-0.15, -0.1) is 0 Å². The molecule has 0 saturated carbocycles. The molecule has 0 spiro atoms. The molecule has 0 saturated heterocycles. The van der Waals surface area contributed by atoms with Crippen LogP contribution in [0.5, 0.6) is 0 Å². The number of hydrogen-bond donors (Lipinski definition) is 0. The summed E-state index contributed by atoms with van der Waals surface area (Å²) < 4.78 is 5.03. The third-order valence-corrected chi connectivity index (χ3v) is 10.4. The van der Waals surface area contributed by atoms with E-state index in [9.17, 15) is 0 Å². The van der Waals surface area contributed by atoms with Crippen molar-refractivity contribution in [1.29, 1.82) is 0 Å². The minimum atomic E-state index is 0.965. The molecule has 0 N–H and O–H groups in total. The van der Waals surface area contributed by atoms with Gasteiger partial charge in [0.15, 0.2) is 0 Å². The van der Waals surface area contributed by atoms with Gasteiger partial charge >= 0.3 is 0 Å². The molecular formula is C42H22N4. The smallest absolute Gasteiger partial charge is 0.0971 e. The van der Waals surface area contributed by atoms with Gasteiger partial charge in [-0.1, -0.05) is 78.9 Å². The van der Waals surface area contributed by atoms with E-state index in [0.29, 0.717) is 0 Å². The number of para-hydroxylation sites is 2. The molecule has 1 aliphatic rings. The highest BCUT2D eigenvalue weighted by Crippen LogP contribution is 2.50. The molecule has 0 radical (unpaired) electrons. The zero-order valence-corrected chi connectivity index (χ0v) is 24.5. The van der Waals surface area contributed by atoms with Crippen molar-refractivity contribution in [3.05, 3.63) is 134 Å². The molecule has 7 aromatic carbocycles. The fraction of sp³-hybridized carbons (Fsp3) is 0. The van der Waals surface area contributed by atoms with Crippen LogP contribution in [0.4, 0.5) is 0 Å². The molecular weight excluding hydrogens is 560 g/mol. The maximum atomic E-state index is 4.77. The van der Waals surface area contributed by atoms with E-state index in [1.54, 1.807) is 12.4 Å². The Bertz CT molecular complexity index is 3110. The Balaban J connectivity index is 1.37. The van der Waals surface area contributed by atoms with Crippen molar-refractivity contribution in [3.8, 4) is 28.2 Å². The number of hydrogen-bond acceptors (Lipinski definition) is 2. The topological polar surface area (TPSA) is 35.1 Å². The SMILES string of the molecule is c1ccc2cc3c(cc2c1)c1cc2c4ccccc4n4c5ccccc5c(c1n3-c1ccc3c5c(cccc15)-c1nccnc1-3)c24. The molecule has 4 heteroatoms. The summed E-state index contributed by atoms with van der Waals surface area (Å²) in [6.45, 7) is 0. The summed E-state index contributed by atoms with van der Waals surface area (Å²) in [6.07, 6.45) is 3.60. The van der Waals surface area contributed by atoms with Crippen molar-refractivity contribution in [3.63, 3.8) is 0 Å². The first-order valence-corrected chi connectivity index (χ1v) is 15.8. The van der Waals surface area contributed by atoms with Gasteiger partial charge in [-0.2, -0.15) is 0 Å². The van der Waals surface area contributed by atoms with Gasteiger partial charge < -0.3 is 8.97 Å². The van der Waals surface area contributed by atoms with Gasteiger partial charge in [-0.25, -0.2) is 0 Å². The molecule has 0 amide bonds. The summed E-state index contributed by atoms with van der Waals surface area (Å²) >= 11 is 0. The molecule has 12 rings (SSSR count). The van der Waals surface area contributed by atoms with Crippen LogP contribution in [-0.4, -0.2) is 18.9 Å². The van der Waals surface area contributed by atoms with E-state index < -0.39 is 0 Å². The first-order valence-electron chi connectivity index (χ1n) is 15.8. The lowest BCUT2D eigenvalue weighted by Crippen LogP contribution is -1.96. The Labute approximate surface area is 261 Å². The first kappa shape index (κ1) is 23.2. The van der Waals surface area contributed by atoms with Crippen molar-refractivity contribution >= 4 is 81.4 Å². The fourth-order valence-electron chi connectivity index (χ4n) is 8.65. The van der Waals surface area contributed by atoms with Crippen LogP contribution >= 0.6 is 0 Å². The highest BCUT2D eigenvalue weighted by atomic mass is 15.0. The molecule has 210 valence electrons. The van der Waals surface area contributed by atoms with Gasteiger partial charge in [0.05, 0.1) is 44.7 Å². The second-order valence-electron chi connectivity index (χ2n) is 12.6. The predicted octanol–water partition coefficient (Wildman–Crippen LogP) is 10.7. The maximum absolute atomic E-state index is 4.77. The highest BCUT2D eigenvalue weighted by Gasteiger charge is 2.28. The number of fused-ring (bicyclic) bond motifs is 14. The quantitative estimate of drug-likeness (QED) is 0.193. The normalized spacial score (nSPS) is 12.8. The standard InChI is InChI=1S/C42H22N4/c1-2-9-24-21-36-30(20-23(24)8-1)32-22-31-25-10-3-5-14-33(25)45-34-15-6-4-11-27(34)38(41(31)45)42(32)46(36)35-17-16-29-37-26(35)12-7-13-28(37)39-40(29)44-19-18-43-39/h1-22H. The molecule has 4 aromatic heterocycles. The maximum Gasteiger partial charge on any atom is 0.0971 e. The van der Waals surface area contributed by atoms with Crippen molar-refractivity contribution < 1.29 is 0 Å². The van der Waals surface area contributed by atoms with Crippen LogP contribution in [0.25, 0.3) is 110 Å². The highest BCUT2D eigenvalue weighted by molar-refractivity contribution is 6.35. The average molecular weight is 583 g/mol. The van der Waals surface area contributed by atoms with Gasteiger partial charge in [0.25, 0.3) is 0 Å². The third-order valence-electron chi connectivity index (χ3n) is 10.4. The van der Waals surface area contributed by atoms with Crippen LogP contribution in [-0.2, 0) is 0 Å². The van der Waals surface area contributed by atoms with Gasteiger partial charge in [-0.3, -0.25) is 9.97 Å². The lowest BCUT2D eigenvalue weighted by Gasteiger charge is -2.14. The lowest BCUT2D eigenvalue weighted by molar-refractivity contribution is 1.21. The van der Waals surface area contributed by atoms with E-state index in [1.165, 1.54) is 87.1 Å². The first-order chi connectivity index (χ1) is 22.8. The molecule has 0 atom stereocenters. The lowest BCUT2D eigenvalue weighted by atomic mass is 10.0. The summed E-state index contributed by atoms with van der Waals surface area (Å²) in [5.41, 5.74) is 11.7. The van der Waals surface area contributed by atoms with E-state index in [0.717, 1.165) is 22.5 Å². The molecule has 11 aromatic rings. The van der Waals surface area contributed by atoms with Crippen LogP contribution in [0, 0.1) is 0 Å². The van der Waals surface area contributed by atoms with Gasteiger partial charge in [0.2, 0.25) is 0 Å². The molecule has 4 nitrogen and oxygen atoms in total. The van der Waals surface area contributed by atoms with Gasteiger partial charge in [0, 0.05) is 66.6 Å². The Morgan fingerprint density at radius 2 is 1.07 bits per heavy atom. The summed E-state index contributed by atoms with van der Waals surface area (Å²) in [6, 6.07) is 44.9. The van der Waals surface area contributed by atoms with Crippen molar-refractivity contribution in [2.24, 2.45) is 0 Å². The molecule has 0 unspecified atom stereocenters. The Hall–Kier alpha value is -6.26.